The Morgan fingerprint density at radius 1 is 1.00 bits per heavy atom. The van der Waals surface area contributed by atoms with E-state index in [9.17, 15) is 14.6 Å². The monoisotopic (exact) mass is 617 g/mol. The Morgan fingerprint density at radius 2 is 1.75 bits per heavy atom. The van der Waals surface area contributed by atoms with Crippen LogP contribution in [0.2, 0.25) is 0 Å². The number of pyridine rings is 1. The Morgan fingerprint density at radius 3 is 2.41 bits per heavy atom. The lowest BCUT2D eigenvalue weighted by atomic mass is 9.82. The first-order chi connectivity index (χ1) is 21.1. The van der Waals surface area contributed by atoms with Crippen LogP contribution in [0.1, 0.15) is 76.6 Å². The summed E-state index contributed by atoms with van der Waals surface area (Å²) in [5, 5.41) is 12.9. The lowest BCUT2D eigenvalue weighted by Gasteiger charge is -2.30. The first-order valence-corrected chi connectivity index (χ1v) is 17.2. The number of hydrogen-bond acceptors (Lipinski definition) is 6. The van der Waals surface area contributed by atoms with Crippen LogP contribution >= 0.6 is 7.60 Å². The first kappa shape index (κ1) is 32.5. The topological polar surface area (TPSA) is 98.1 Å². The third-order valence-electron chi connectivity index (χ3n) is 8.21. The van der Waals surface area contributed by atoms with E-state index in [2.05, 4.69) is 13.8 Å². The van der Waals surface area contributed by atoms with E-state index in [1.54, 1.807) is 13.0 Å². The van der Waals surface area contributed by atoms with Gasteiger partial charge in [0.2, 0.25) is 0 Å². The van der Waals surface area contributed by atoms with Crippen LogP contribution in [0.25, 0.3) is 22.0 Å². The van der Waals surface area contributed by atoms with E-state index in [0.717, 1.165) is 48.1 Å². The number of benzene rings is 3. The smallest absolute Gasteiger partial charge is 0.361 e. The lowest BCUT2D eigenvalue weighted by molar-refractivity contribution is -0.168. The fourth-order valence-electron chi connectivity index (χ4n) is 5.70. The highest BCUT2D eigenvalue weighted by Crippen LogP contribution is 2.46. The number of ether oxygens (including phenoxy) is 2. The highest BCUT2D eigenvalue weighted by atomic mass is 31.2. The van der Waals surface area contributed by atoms with Crippen LogP contribution in [-0.2, 0) is 30.8 Å². The summed E-state index contributed by atoms with van der Waals surface area (Å²) in [4.78, 5) is 16.3. The summed E-state index contributed by atoms with van der Waals surface area (Å²) in [5.41, 5.74) is 2.79. The second-order valence-corrected chi connectivity index (χ2v) is 14.0. The molecule has 4 unspecified atom stereocenters. The maximum absolute atomic E-state index is 13.9. The van der Waals surface area contributed by atoms with E-state index < -0.39 is 19.3 Å². The molecule has 4 aromatic rings. The van der Waals surface area contributed by atoms with Crippen LogP contribution in [0.3, 0.4) is 0 Å². The molecule has 0 radical (unpaired) electrons. The highest BCUT2D eigenvalue weighted by molar-refractivity contribution is 7.61. The number of rotatable bonds is 12. The predicted molar refractivity (Wildman–Crippen MR) is 175 cm³/mol. The summed E-state index contributed by atoms with van der Waals surface area (Å²) in [6, 6.07) is 24.8. The van der Waals surface area contributed by atoms with Crippen LogP contribution < -0.4 is 5.30 Å². The Balaban J connectivity index is 1.56. The molecular formula is C36H44NO6P. The van der Waals surface area contributed by atoms with Crippen molar-refractivity contribution in [3.8, 4) is 11.1 Å². The van der Waals surface area contributed by atoms with Crippen LogP contribution in [0, 0.1) is 5.92 Å². The van der Waals surface area contributed by atoms with Gasteiger partial charge in [-0.05, 0) is 85.4 Å². The molecule has 2 N–H and O–H groups in total. The average Bonchev–Trinajstić information content (AvgIpc) is 3.03. The molecule has 4 atom stereocenters. The van der Waals surface area contributed by atoms with Crippen molar-refractivity contribution in [2.75, 3.05) is 6.61 Å². The molecule has 1 aliphatic rings. The normalized spacial score (nSPS) is 19.0. The molecule has 8 heteroatoms. The van der Waals surface area contributed by atoms with E-state index in [1.165, 1.54) is 0 Å². The second-order valence-electron chi connectivity index (χ2n) is 12.2. The molecule has 0 amide bonds. The molecule has 234 valence electrons. The molecule has 0 aliphatic carbocycles. The molecule has 1 saturated heterocycles. The van der Waals surface area contributed by atoms with Crippen LogP contribution in [0.4, 0.5) is 0 Å². The maximum atomic E-state index is 13.9. The van der Waals surface area contributed by atoms with E-state index in [4.69, 9.17) is 19.0 Å². The van der Waals surface area contributed by atoms with Crippen LogP contribution in [0.15, 0.2) is 78.9 Å². The van der Waals surface area contributed by atoms with E-state index >= 15 is 0 Å². The Bertz CT molecular complexity index is 1590. The molecule has 1 fully saturated rings. The van der Waals surface area contributed by atoms with E-state index in [1.807, 2.05) is 79.7 Å². The van der Waals surface area contributed by atoms with Crippen molar-refractivity contribution < 1.29 is 28.6 Å². The van der Waals surface area contributed by atoms with Crippen molar-refractivity contribution in [1.29, 1.82) is 0 Å². The van der Waals surface area contributed by atoms with Gasteiger partial charge in [0.25, 0.3) is 0 Å². The molecule has 0 spiro atoms. The Kier molecular flexibility index (Phi) is 10.4. The number of aliphatic hydroxyl groups is 1. The third-order valence-corrected chi connectivity index (χ3v) is 9.81. The van der Waals surface area contributed by atoms with Gasteiger partial charge in [0.05, 0.1) is 29.2 Å². The van der Waals surface area contributed by atoms with Gasteiger partial charge in [-0.1, -0.05) is 81.4 Å². The summed E-state index contributed by atoms with van der Waals surface area (Å²) in [6.45, 7) is 8.99. The van der Waals surface area contributed by atoms with Crippen molar-refractivity contribution in [2.45, 2.75) is 84.4 Å². The van der Waals surface area contributed by atoms with E-state index in [-0.39, 0.29) is 17.5 Å². The molecule has 0 bridgehead atoms. The van der Waals surface area contributed by atoms with Crippen LogP contribution in [-0.4, -0.2) is 34.0 Å². The summed E-state index contributed by atoms with van der Waals surface area (Å²) in [7, 11) is -4.30. The molecule has 2 heterocycles. The number of aromatic nitrogens is 1. The molecule has 1 aromatic heterocycles. The zero-order valence-corrected chi connectivity index (χ0v) is 27.0. The number of hydrogen-bond donors (Lipinski definition) is 2. The van der Waals surface area contributed by atoms with Gasteiger partial charge in [0.15, 0.2) is 6.29 Å². The minimum absolute atomic E-state index is 0.119. The maximum Gasteiger partial charge on any atom is 0.361 e. The Labute approximate surface area is 260 Å². The molecule has 3 aromatic carbocycles. The minimum Gasteiger partial charge on any atom is -0.379 e. The van der Waals surface area contributed by atoms with Gasteiger partial charge in [0.1, 0.15) is 5.60 Å². The average molecular weight is 618 g/mol. The lowest BCUT2D eigenvalue weighted by Crippen LogP contribution is -2.30. The van der Waals surface area contributed by atoms with Crippen molar-refractivity contribution in [2.24, 2.45) is 5.92 Å². The summed E-state index contributed by atoms with van der Waals surface area (Å²) < 4.78 is 31.2. The largest absolute Gasteiger partial charge is 0.379 e. The molecular weight excluding hydrogens is 573 g/mol. The van der Waals surface area contributed by atoms with Gasteiger partial charge >= 0.3 is 7.60 Å². The zero-order valence-electron chi connectivity index (χ0n) is 26.1. The van der Waals surface area contributed by atoms with Crippen LogP contribution in [0.5, 0.6) is 0 Å². The zero-order chi connectivity index (χ0) is 31.3. The predicted octanol–water partition coefficient (Wildman–Crippen LogP) is 7.85. The fraction of sp³-hybridized carbons (Fsp3) is 0.417. The molecule has 7 nitrogen and oxygen atoms in total. The second kappa shape index (κ2) is 14.0. The third kappa shape index (κ3) is 7.48. The molecule has 44 heavy (non-hydrogen) atoms. The summed E-state index contributed by atoms with van der Waals surface area (Å²) in [5.74, 6) is 0.167. The van der Waals surface area contributed by atoms with Gasteiger partial charge in [-0.3, -0.25) is 4.57 Å². The van der Waals surface area contributed by atoms with E-state index in [0.29, 0.717) is 36.0 Å². The quantitative estimate of drug-likeness (QED) is 0.156. The van der Waals surface area contributed by atoms with Crippen molar-refractivity contribution in [1.82, 2.24) is 4.98 Å². The number of nitrogens with zero attached hydrogens (tertiary/aromatic N) is 1. The first-order valence-electron chi connectivity index (χ1n) is 15.7. The van der Waals surface area contributed by atoms with Crippen molar-refractivity contribution in [3.63, 3.8) is 0 Å². The van der Waals surface area contributed by atoms with Gasteiger partial charge in [-0.15, -0.1) is 0 Å². The fourth-order valence-corrected chi connectivity index (χ4v) is 7.20. The van der Waals surface area contributed by atoms with Gasteiger partial charge in [-0.2, -0.15) is 0 Å². The van der Waals surface area contributed by atoms with Gasteiger partial charge < -0.3 is 24.0 Å². The van der Waals surface area contributed by atoms with Crippen molar-refractivity contribution >= 4 is 23.8 Å². The molecule has 5 rings (SSSR count). The molecule has 1 aliphatic heterocycles. The minimum atomic E-state index is -4.30. The SMILES string of the molecule is CCC(C)OP(=O)(O)c1cc(-c2ccc(COC3CCCCO3)cc2)cc2ccc(C(O)(CC(C)C)c3ccccc3)nc12. The standard InChI is InChI=1S/C36H44NO6P/c1-5-26(4)43-44(39,40)32-22-30(28-16-14-27(15-17-28)24-42-34-13-9-10-20-41-34)21-29-18-19-33(37-35(29)32)36(38,23-25(2)3)31-11-7-6-8-12-31/h6-8,11-12,14-19,21-22,25-26,34,38H,5,9-10,13,20,23-24H2,1-4H3,(H,39,40). The Hall–Kier alpha value is -2.90. The molecule has 0 saturated carbocycles. The summed E-state index contributed by atoms with van der Waals surface area (Å²) in [6.07, 6.45) is 3.53. The summed E-state index contributed by atoms with van der Waals surface area (Å²) >= 11 is 0. The van der Waals surface area contributed by atoms with Gasteiger partial charge in [-0.25, -0.2) is 4.98 Å². The highest BCUT2D eigenvalue weighted by Gasteiger charge is 2.35. The van der Waals surface area contributed by atoms with Gasteiger partial charge in [0, 0.05) is 12.0 Å². The number of fused-ring (bicyclic) bond motifs is 1. The van der Waals surface area contributed by atoms with Crippen molar-refractivity contribution in [3.05, 3.63) is 95.7 Å².